The quantitative estimate of drug-likeness (QED) is 0.186. The first-order valence-corrected chi connectivity index (χ1v) is 18.1. The molecule has 10 nitrogen and oxygen atoms in total. The summed E-state index contributed by atoms with van der Waals surface area (Å²) in [4.78, 5) is 51.6. The van der Waals surface area contributed by atoms with Crippen molar-refractivity contribution in [3.05, 3.63) is 64.4 Å². The minimum absolute atomic E-state index is 0.0663. The summed E-state index contributed by atoms with van der Waals surface area (Å²) in [5, 5.41) is 10.1. The van der Waals surface area contributed by atoms with Gasteiger partial charge in [0.2, 0.25) is 11.8 Å². The third-order valence-electron chi connectivity index (χ3n) is 10.9. The van der Waals surface area contributed by atoms with Crippen LogP contribution in [0.4, 0.5) is 4.79 Å². The number of carbonyl (C=O) groups excluding carboxylic acids is 3. The van der Waals surface area contributed by atoms with E-state index in [-0.39, 0.29) is 35.2 Å². The van der Waals surface area contributed by atoms with Crippen molar-refractivity contribution in [1.29, 1.82) is 0 Å². The molecule has 2 saturated carbocycles. The van der Waals surface area contributed by atoms with Crippen LogP contribution >= 0.6 is 11.6 Å². The Balaban J connectivity index is 1.39. The Morgan fingerprint density at radius 2 is 1.76 bits per heavy atom. The first-order chi connectivity index (χ1) is 23.3. The molecule has 0 unspecified atom stereocenters. The summed E-state index contributed by atoms with van der Waals surface area (Å²) in [7, 11) is 1.85. The second-order valence-electron chi connectivity index (χ2n) is 15.6. The number of nitrogens with one attached hydrogen (secondary N) is 4. The van der Waals surface area contributed by atoms with Crippen molar-refractivity contribution in [2.45, 2.75) is 103 Å². The average Bonchev–Trinajstić information content (AvgIpc) is 4.01. The number of urea groups is 1. The lowest BCUT2D eigenvalue weighted by Gasteiger charge is -2.39. The number of aromatic nitrogens is 2. The van der Waals surface area contributed by atoms with Crippen LogP contribution in [-0.2, 0) is 19.7 Å². The van der Waals surface area contributed by atoms with Gasteiger partial charge in [0.25, 0.3) is 0 Å². The molecular formula is C38H51ClN6O4. The van der Waals surface area contributed by atoms with Crippen LogP contribution in [0.2, 0.25) is 5.02 Å². The van der Waals surface area contributed by atoms with E-state index in [0.717, 1.165) is 47.8 Å². The molecule has 4 N–H and O–H groups in total. The maximum Gasteiger partial charge on any atom is 0.317 e. The van der Waals surface area contributed by atoms with Crippen LogP contribution < -0.4 is 16.0 Å². The van der Waals surface area contributed by atoms with E-state index in [1.165, 1.54) is 0 Å². The first kappa shape index (κ1) is 35.2. The second-order valence-corrected chi connectivity index (χ2v) is 16.0. The molecule has 4 amide bonds. The highest BCUT2D eigenvalue weighted by molar-refractivity contribution is 6.31. The van der Waals surface area contributed by atoms with E-state index in [1.807, 2.05) is 71.1 Å². The van der Waals surface area contributed by atoms with Gasteiger partial charge in [0, 0.05) is 43.8 Å². The summed E-state index contributed by atoms with van der Waals surface area (Å²) in [5.74, 6) is 0.151. The maximum atomic E-state index is 14.3. The highest BCUT2D eigenvalue weighted by Crippen LogP contribution is 2.60. The Morgan fingerprint density at radius 1 is 1.06 bits per heavy atom. The molecule has 0 spiro atoms. The molecule has 2 heterocycles. The minimum atomic E-state index is -0.893. The van der Waals surface area contributed by atoms with E-state index < -0.39 is 22.9 Å². The van der Waals surface area contributed by atoms with Crippen LogP contribution in [-0.4, -0.2) is 71.6 Å². The SMILES string of the molecule is CCNC(=O)[C@H](NC(=O)C1(c2ccc3nc([C@@H](NC(=O)N(C)C4CC4)[C@H](c4ccccc4Cl)C4(C)CC4)[nH]c3c2)CCOCC1)C(C)(C)C. The molecule has 0 bridgehead atoms. The minimum Gasteiger partial charge on any atom is -0.381 e. The van der Waals surface area contributed by atoms with Gasteiger partial charge in [0.1, 0.15) is 11.9 Å². The highest BCUT2D eigenvalue weighted by Gasteiger charge is 2.51. The molecule has 11 heteroatoms. The predicted octanol–water partition coefficient (Wildman–Crippen LogP) is 6.36. The number of nitrogens with zero attached hydrogens (tertiary/aromatic N) is 2. The number of H-pyrrole nitrogens is 1. The van der Waals surface area contributed by atoms with Crippen molar-refractivity contribution in [1.82, 2.24) is 30.8 Å². The van der Waals surface area contributed by atoms with Gasteiger partial charge in [0.05, 0.1) is 22.5 Å². The molecule has 1 aliphatic heterocycles. The topological polar surface area (TPSA) is 128 Å². The molecule has 264 valence electrons. The van der Waals surface area contributed by atoms with Crippen molar-refractivity contribution >= 4 is 40.5 Å². The van der Waals surface area contributed by atoms with Crippen LogP contribution in [0.25, 0.3) is 11.0 Å². The average molecular weight is 691 g/mol. The number of fused-ring (bicyclic) bond motifs is 1. The molecule has 6 rings (SSSR count). The van der Waals surface area contributed by atoms with Crippen molar-refractivity contribution < 1.29 is 19.1 Å². The molecule has 2 aromatic carbocycles. The number of likely N-dealkylation sites (N-methyl/N-ethyl adjacent to an activating group) is 1. The molecular weight excluding hydrogens is 640 g/mol. The maximum absolute atomic E-state index is 14.3. The number of imidazole rings is 1. The summed E-state index contributed by atoms with van der Waals surface area (Å²) in [6.07, 6.45) is 5.02. The van der Waals surface area contributed by atoms with Gasteiger partial charge in [-0.3, -0.25) is 9.59 Å². The second kappa shape index (κ2) is 13.6. The Morgan fingerprint density at radius 3 is 2.37 bits per heavy atom. The third-order valence-corrected chi connectivity index (χ3v) is 11.3. The normalized spacial score (nSPS) is 20.1. The van der Waals surface area contributed by atoms with Gasteiger partial charge >= 0.3 is 6.03 Å². The fourth-order valence-corrected chi connectivity index (χ4v) is 7.68. The zero-order valence-electron chi connectivity index (χ0n) is 29.6. The number of halogens is 1. The first-order valence-electron chi connectivity index (χ1n) is 17.7. The zero-order valence-corrected chi connectivity index (χ0v) is 30.4. The predicted molar refractivity (Wildman–Crippen MR) is 191 cm³/mol. The van der Waals surface area contributed by atoms with E-state index in [2.05, 4.69) is 33.9 Å². The van der Waals surface area contributed by atoms with Crippen LogP contribution in [0.1, 0.15) is 102 Å². The Hall–Kier alpha value is -3.63. The lowest BCUT2D eigenvalue weighted by molar-refractivity contribution is -0.137. The summed E-state index contributed by atoms with van der Waals surface area (Å²) in [5.41, 5.74) is 1.89. The van der Waals surface area contributed by atoms with E-state index in [0.29, 0.717) is 43.4 Å². The smallest absolute Gasteiger partial charge is 0.317 e. The summed E-state index contributed by atoms with van der Waals surface area (Å²) in [6.45, 7) is 11.3. The van der Waals surface area contributed by atoms with E-state index in [9.17, 15) is 14.4 Å². The zero-order chi connectivity index (χ0) is 35.1. The molecule has 1 saturated heterocycles. The van der Waals surface area contributed by atoms with Crippen LogP contribution in [0.15, 0.2) is 42.5 Å². The van der Waals surface area contributed by atoms with Crippen LogP contribution in [0.3, 0.4) is 0 Å². The van der Waals surface area contributed by atoms with E-state index in [1.54, 1.807) is 4.90 Å². The molecule has 3 aromatic rings. The number of benzene rings is 2. The van der Waals surface area contributed by atoms with Crippen molar-refractivity contribution in [2.24, 2.45) is 10.8 Å². The fourth-order valence-electron chi connectivity index (χ4n) is 7.43. The van der Waals surface area contributed by atoms with Crippen LogP contribution in [0.5, 0.6) is 0 Å². The number of hydrogen-bond acceptors (Lipinski definition) is 5. The number of aromatic amines is 1. The van der Waals surface area contributed by atoms with Crippen molar-refractivity contribution in [2.75, 3.05) is 26.8 Å². The summed E-state index contributed by atoms with van der Waals surface area (Å²) in [6, 6.07) is 12.8. The van der Waals surface area contributed by atoms with Gasteiger partial charge in [-0.2, -0.15) is 0 Å². The molecule has 1 aromatic heterocycles. The Bertz CT molecular complexity index is 1700. The largest absolute Gasteiger partial charge is 0.381 e. The number of carbonyl (C=O) groups is 3. The van der Waals surface area contributed by atoms with Crippen molar-refractivity contribution in [3.63, 3.8) is 0 Å². The lowest BCUT2D eigenvalue weighted by Crippen LogP contribution is -2.58. The molecule has 3 atom stereocenters. The molecule has 0 radical (unpaired) electrons. The fraction of sp³-hybridized carbons (Fsp3) is 0.579. The van der Waals surface area contributed by atoms with Crippen molar-refractivity contribution in [3.8, 4) is 0 Å². The summed E-state index contributed by atoms with van der Waals surface area (Å²) < 4.78 is 5.74. The third kappa shape index (κ3) is 7.17. The van der Waals surface area contributed by atoms with Gasteiger partial charge in [-0.1, -0.05) is 63.6 Å². The number of ether oxygens (including phenoxy) is 1. The van der Waals surface area contributed by atoms with Gasteiger partial charge < -0.3 is 30.6 Å². The highest BCUT2D eigenvalue weighted by atomic mass is 35.5. The molecule has 2 aliphatic carbocycles. The Kier molecular flexibility index (Phi) is 9.76. The van der Waals surface area contributed by atoms with E-state index in [4.69, 9.17) is 21.3 Å². The van der Waals surface area contributed by atoms with Gasteiger partial charge in [-0.25, -0.2) is 9.78 Å². The summed E-state index contributed by atoms with van der Waals surface area (Å²) >= 11 is 6.85. The van der Waals surface area contributed by atoms with Gasteiger partial charge in [-0.05, 0) is 85.6 Å². The van der Waals surface area contributed by atoms with Crippen LogP contribution in [0, 0.1) is 10.8 Å². The standard InChI is InChI=1S/C38H51ClN6O4/c1-7-40-33(46)31(36(2,3)4)44-34(47)38(18-20-49-21-19-38)23-12-15-27-28(22-23)42-32(41-27)30(43-35(48)45(6)24-13-14-24)29(37(5)16-17-37)25-10-8-9-11-26(25)39/h8-12,15,22,24,29-31H,7,13-14,16-21H2,1-6H3,(H,40,46)(H,41,42)(H,43,48)(H,44,47)/t29-,30-,31-/m0/s1. The molecule has 49 heavy (non-hydrogen) atoms. The molecule has 3 aliphatic rings. The number of amides is 4. The van der Waals surface area contributed by atoms with Gasteiger partial charge in [-0.15, -0.1) is 0 Å². The number of rotatable bonds is 11. The number of hydrogen-bond donors (Lipinski definition) is 4. The lowest BCUT2D eigenvalue weighted by atomic mass is 9.72. The molecule has 3 fully saturated rings. The van der Waals surface area contributed by atoms with E-state index >= 15 is 0 Å². The monoisotopic (exact) mass is 690 g/mol. The van der Waals surface area contributed by atoms with Gasteiger partial charge in [0.15, 0.2) is 0 Å². The Labute approximate surface area is 294 Å².